The van der Waals surface area contributed by atoms with E-state index < -0.39 is 12.6 Å². The zero-order chi connectivity index (χ0) is 9.90. The van der Waals surface area contributed by atoms with Crippen molar-refractivity contribution < 1.29 is 12.9 Å². The van der Waals surface area contributed by atoms with Crippen LogP contribution >= 0.6 is 23.1 Å². The quantitative estimate of drug-likeness (QED) is 0.632. The van der Waals surface area contributed by atoms with Crippen molar-refractivity contribution in [1.82, 2.24) is 10.2 Å². The van der Waals surface area contributed by atoms with Gasteiger partial charge in [-0.1, -0.05) is 11.3 Å². The van der Waals surface area contributed by atoms with Crippen molar-refractivity contribution in [1.29, 1.82) is 0 Å². The second-order valence-corrected chi connectivity index (χ2v) is 4.39. The third kappa shape index (κ3) is 3.86. The molecule has 0 saturated carbocycles. The van der Waals surface area contributed by atoms with Gasteiger partial charge in [-0.25, -0.2) is 0 Å². The van der Waals surface area contributed by atoms with Gasteiger partial charge in [0.1, 0.15) is 0 Å². The van der Waals surface area contributed by atoms with E-state index in [0.717, 1.165) is 11.3 Å². The molecule has 1 rings (SSSR count). The molecule has 1 heterocycles. The summed E-state index contributed by atoms with van der Waals surface area (Å²) < 4.78 is 35.8. The molecule has 0 amide bonds. The molecule has 0 aliphatic rings. The van der Waals surface area contributed by atoms with Gasteiger partial charge in [-0.15, -0.1) is 22.0 Å². The predicted octanol–water partition coefficient (Wildman–Crippen LogP) is 2.06. The van der Waals surface area contributed by atoms with E-state index >= 15 is 0 Å². The SMILES string of the molecule is CNc1nnc(SC[B-](F)(F)F)s1. The van der Waals surface area contributed by atoms with Crippen LogP contribution in [0.25, 0.3) is 0 Å². The topological polar surface area (TPSA) is 37.8 Å². The van der Waals surface area contributed by atoms with E-state index in [2.05, 4.69) is 15.5 Å². The molecular formula is C4H6BF3N3S2-. The van der Waals surface area contributed by atoms with E-state index in [4.69, 9.17) is 0 Å². The van der Waals surface area contributed by atoms with Gasteiger partial charge in [0.25, 0.3) is 0 Å². The Hall–Kier alpha value is -0.435. The summed E-state index contributed by atoms with van der Waals surface area (Å²) in [6.45, 7) is -4.74. The maximum absolute atomic E-state index is 11.8. The number of hydrogen-bond acceptors (Lipinski definition) is 5. The second-order valence-electron chi connectivity index (χ2n) is 2.14. The van der Waals surface area contributed by atoms with Gasteiger partial charge in [0.05, 0.1) is 0 Å². The lowest BCUT2D eigenvalue weighted by Gasteiger charge is -2.10. The van der Waals surface area contributed by atoms with Crippen LogP contribution in [0.2, 0.25) is 0 Å². The summed E-state index contributed by atoms with van der Waals surface area (Å²) in [4.78, 5) is 0. The highest BCUT2D eigenvalue weighted by Gasteiger charge is 2.23. The highest BCUT2D eigenvalue weighted by atomic mass is 32.2. The molecule has 0 aromatic carbocycles. The Labute approximate surface area is 81.2 Å². The molecule has 0 bridgehead atoms. The van der Waals surface area contributed by atoms with E-state index in [1.54, 1.807) is 7.05 Å². The summed E-state index contributed by atoms with van der Waals surface area (Å²) in [7, 11) is 1.64. The average Bonchev–Trinajstić information content (AvgIpc) is 2.47. The smallest absolute Gasteiger partial charge is 0.448 e. The summed E-state index contributed by atoms with van der Waals surface area (Å²) in [5, 5.41) is 10.4. The van der Waals surface area contributed by atoms with Gasteiger partial charge in [-0.05, 0) is 5.65 Å². The highest BCUT2D eigenvalue weighted by Crippen LogP contribution is 2.28. The van der Waals surface area contributed by atoms with E-state index in [-0.39, 0.29) is 0 Å². The van der Waals surface area contributed by atoms with E-state index in [0.29, 0.717) is 21.2 Å². The zero-order valence-corrected chi connectivity index (χ0v) is 8.26. The molecule has 3 nitrogen and oxygen atoms in total. The van der Waals surface area contributed by atoms with E-state index in [1.165, 1.54) is 0 Å². The number of anilines is 1. The molecule has 1 N–H and O–H groups in total. The molecule has 0 aliphatic heterocycles. The van der Waals surface area contributed by atoms with Crippen molar-refractivity contribution in [2.45, 2.75) is 4.34 Å². The van der Waals surface area contributed by atoms with Crippen LogP contribution in [-0.4, -0.2) is 29.9 Å². The Bertz CT molecular complexity index is 276. The van der Waals surface area contributed by atoms with Crippen LogP contribution < -0.4 is 5.32 Å². The van der Waals surface area contributed by atoms with Crippen LogP contribution in [0.4, 0.5) is 18.1 Å². The zero-order valence-electron chi connectivity index (χ0n) is 6.63. The minimum Gasteiger partial charge on any atom is -0.448 e. The van der Waals surface area contributed by atoms with Crippen LogP contribution in [0, 0.1) is 0 Å². The first-order valence-electron chi connectivity index (χ1n) is 3.36. The Kier molecular flexibility index (Phi) is 3.43. The summed E-state index contributed by atoms with van der Waals surface area (Å²) in [5.74, 6) is 0. The number of hydrogen-bond donors (Lipinski definition) is 1. The van der Waals surface area contributed by atoms with Crippen molar-refractivity contribution in [2.24, 2.45) is 0 Å². The Balaban J connectivity index is 2.46. The highest BCUT2D eigenvalue weighted by molar-refractivity contribution is 8.02. The first-order valence-corrected chi connectivity index (χ1v) is 5.16. The van der Waals surface area contributed by atoms with Crippen LogP contribution in [0.15, 0.2) is 4.34 Å². The molecule has 0 saturated heterocycles. The Morgan fingerprint density at radius 3 is 2.62 bits per heavy atom. The number of nitrogens with zero attached hydrogens (tertiary/aromatic N) is 2. The van der Waals surface area contributed by atoms with Crippen LogP contribution in [0.5, 0.6) is 0 Å². The number of aromatic nitrogens is 2. The Morgan fingerprint density at radius 1 is 1.46 bits per heavy atom. The number of halogens is 3. The van der Waals surface area contributed by atoms with E-state index in [9.17, 15) is 12.9 Å². The molecular weight excluding hydrogens is 222 g/mol. The van der Waals surface area contributed by atoms with Gasteiger partial charge in [0.2, 0.25) is 5.13 Å². The fourth-order valence-corrected chi connectivity index (χ4v) is 2.07. The van der Waals surface area contributed by atoms with Gasteiger partial charge in [-0.3, -0.25) is 0 Å². The first kappa shape index (κ1) is 10.6. The molecule has 0 spiro atoms. The normalized spacial score (nSPS) is 11.7. The standard InChI is InChI=1S/C4H6BF3N3S2/c1-9-3-10-11-4(13-3)12-2-5(6,7)8/h2H2,1H3,(H,9,10)/q-1. The molecule has 9 heteroatoms. The fourth-order valence-electron chi connectivity index (χ4n) is 0.535. The van der Waals surface area contributed by atoms with Gasteiger partial charge in [0.15, 0.2) is 4.34 Å². The summed E-state index contributed by atoms with van der Waals surface area (Å²) >= 11 is 1.78. The molecule has 0 radical (unpaired) electrons. The van der Waals surface area contributed by atoms with Crippen LogP contribution in [0.1, 0.15) is 0 Å². The van der Waals surface area contributed by atoms with Crippen molar-refractivity contribution in [3.8, 4) is 0 Å². The Morgan fingerprint density at radius 2 is 2.15 bits per heavy atom. The largest absolute Gasteiger partial charge is 0.488 e. The summed E-state index contributed by atoms with van der Waals surface area (Å²) in [5.41, 5.74) is -0.863. The van der Waals surface area contributed by atoms with Crippen molar-refractivity contribution >= 4 is 35.2 Å². The molecule has 74 valence electrons. The molecule has 1 aromatic heterocycles. The van der Waals surface area contributed by atoms with Gasteiger partial charge in [-0.2, -0.15) is 0 Å². The van der Waals surface area contributed by atoms with Crippen LogP contribution in [-0.2, 0) is 0 Å². The molecule has 13 heavy (non-hydrogen) atoms. The minimum absolute atomic E-state index is 0.337. The third-order valence-corrected chi connectivity index (χ3v) is 3.23. The second kappa shape index (κ2) is 4.18. The lowest BCUT2D eigenvalue weighted by Crippen LogP contribution is -2.18. The predicted molar refractivity (Wildman–Crippen MR) is 49.3 cm³/mol. The fraction of sp³-hybridized carbons (Fsp3) is 0.500. The number of rotatable bonds is 4. The lowest BCUT2D eigenvalue weighted by molar-refractivity contribution is 0.485. The maximum atomic E-state index is 11.8. The molecule has 0 unspecified atom stereocenters. The van der Waals surface area contributed by atoms with Gasteiger partial charge in [0, 0.05) is 7.05 Å². The van der Waals surface area contributed by atoms with Crippen molar-refractivity contribution in [3.63, 3.8) is 0 Å². The van der Waals surface area contributed by atoms with Crippen molar-refractivity contribution in [2.75, 3.05) is 18.0 Å². The summed E-state index contributed by atoms with van der Waals surface area (Å²) in [6, 6.07) is 0. The number of nitrogens with one attached hydrogen (secondary N) is 1. The molecule has 1 aromatic rings. The lowest BCUT2D eigenvalue weighted by atomic mass is 9.98. The third-order valence-electron chi connectivity index (χ3n) is 1.02. The first-order chi connectivity index (χ1) is 6.01. The maximum Gasteiger partial charge on any atom is 0.488 e. The van der Waals surface area contributed by atoms with Gasteiger partial charge < -0.3 is 18.3 Å². The molecule has 0 aliphatic carbocycles. The monoisotopic (exact) mass is 228 g/mol. The van der Waals surface area contributed by atoms with Gasteiger partial charge >= 0.3 is 6.98 Å². The van der Waals surface area contributed by atoms with E-state index in [1.807, 2.05) is 0 Å². The van der Waals surface area contributed by atoms with Crippen molar-refractivity contribution in [3.05, 3.63) is 0 Å². The summed E-state index contributed by atoms with van der Waals surface area (Å²) in [6.07, 6.45) is 0. The minimum atomic E-state index is -4.74. The van der Waals surface area contributed by atoms with Crippen LogP contribution in [0.3, 0.4) is 0 Å². The number of thioether (sulfide) groups is 1. The molecule has 0 atom stereocenters. The molecule has 0 fully saturated rings. The average molecular weight is 228 g/mol.